The van der Waals surface area contributed by atoms with E-state index in [2.05, 4.69) is 5.32 Å². The van der Waals surface area contributed by atoms with E-state index in [4.69, 9.17) is 4.74 Å². The average Bonchev–Trinajstić information content (AvgIpc) is 2.43. The van der Waals surface area contributed by atoms with Gasteiger partial charge in [-0.05, 0) is 42.8 Å². The van der Waals surface area contributed by atoms with Crippen LogP contribution in [0.1, 0.15) is 15.9 Å². The summed E-state index contributed by atoms with van der Waals surface area (Å²) in [4.78, 5) is 12.1. The molecule has 0 atom stereocenters. The Morgan fingerprint density at radius 1 is 1.15 bits per heavy atom. The number of hydrogen-bond acceptors (Lipinski definition) is 2. The zero-order valence-corrected chi connectivity index (χ0v) is 11.0. The van der Waals surface area contributed by atoms with Gasteiger partial charge in [0.05, 0.1) is 12.7 Å². The number of anilines is 1. The monoisotopic (exact) mass is 277 g/mol. The Morgan fingerprint density at radius 2 is 1.90 bits per heavy atom. The van der Waals surface area contributed by atoms with E-state index in [0.29, 0.717) is 11.3 Å². The Kier molecular flexibility index (Phi) is 3.98. The molecule has 0 spiro atoms. The summed E-state index contributed by atoms with van der Waals surface area (Å²) in [5.74, 6) is -1.29. The van der Waals surface area contributed by atoms with Gasteiger partial charge in [-0.1, -0.05) is 6.07 Å². The Labute approximate surface area is 115 Å². The van der Waals surface area contributed by atoms with Crippen molar-refractivity contribution >= 4 is 11.6 Å². The van der Waals surface area contributed by atoms with Crippen LogP contribution in [0.15, 0.2) is 36.4 Å². The summed E-state index contributed by atoms with van der Waals surface area (Å²) in [7, 11) is 1.38. The minimum Gasteiger partial charge on any atom is -0.496 e. The SMILES string of the molecule is COc1ccc(F)cc1C(=O)Nc1ccc(C)c(F)c1. The largest absolute Gasteiger partial charge is 0.496 e. The molecule has 0 aliphatic heterocycles. The molecule has 0 unspecified atom stereocenters. The molecule has 2 rings (SSSR count). The molecule has 0 fully saturated rings. The first-order valence-electron chi connectivity index (χ1n) is 5.92. The molecule has 0 bridgehead atoms. The molecule has 0 aromatic heterocycles. The molecule has 5 heteroatoms. The first-order chi connectivity index (χ1) is 9.51. The lowest BCUT2D eigenvalue weighted by molar-refractivity contribution is 0.102. The molecule has 1 N–H and O–H groups in total. The molecule has 0 aliphatic rings. The van der Waals surface area contributed by atoms with E-state index in [-0.39, 0.29) is 11.3 Å². The lowest BCUT2D eigenvalue weighted by Crippen LogP contribution is -2.13. The van der Waals surface area contributed by atoms with Gasteiger partial charge in [0, 0.05) is 5.69 Å². The van der Waals surface area contributed by atoms with E-state index in [1.165, 1.54) is 25.3 Å². The van der Waals surface area contributed by atoms with E-state index in [9.17, 15) is 13.6 Å². The van der Waals surface area contributed by atoms with Gasteiger partial charge < -0.3 is 10.1 Å². The van der Waals surface area contributed by atoms with Crippen molar-refractivity contribution in [1.29, 1.82) is 0 Å². The number of hydrogen-bond donors (Lipinski definition) is 1. The molecule has 3 nitrogen and oxygen atoms in total. The predicted molar refractivity (Wildman–Crippen MR) is 72.0 cm³/mol. The lowest BCUT2D eigenvalue weighted by atomic mass is 10.1. The van der Waals surface area contributed by atoms with Gasteiger partial charge in [-0.15, -0.1) is 0 Å². The second-order valence-corrected chi connectivity index (χ2v) is 4.26. The van der Waals surface area contributed by atoms with Gasteiger partial charge in [0.1, 0.15) is 17.4 Å². The highest BCUT2D eigenvalue weighted by molar-refractivity contribution is 6.06. The number of methoxy groups -OCH3 is 1. The first-order valence-corrected chi connectivity index (χ1v) is 5.92. The molecule has 104 valence electrons. The molecule has 0 saturated carbocycles. The third-order valence-electron chi connectivity index (χ3n) is 2.84. The quantitative estimate of drug-likeness (QED) is 0.932. The smallest absolute Gasteiger partial charge is 0.259 e. The summed E-state index contributed by atoms with van der Waals surface area (Å²) in [5, 5.41) is 2.50. The number of carbonyl (C=O) groups excluding carboxylic acids is 1. The first kappa shape index (κ1) is 14.0. The van der Waals surface area contributed by atoms with Crippen LogP contribution in [0.4, 0.5) is 14.5 Å². The Bertz CT molecular complexity index is 656. The van der Waals surface area contributed by atoms with E-state index >= 15 is 0 Å². The van der Waals surface area contributed by atoms with Crippen LogP contribution < -0.4 is 10.1 Å². The molecule has 1 amide bonds. The maximum absolute atomic E-state index is 13.4. The second-order valence-electron chi connectivity index (χ2n) is 4.26. The summed E-state index contributed by atoms with van der Waals surface area (Å²) in [6.07, 6.45) is 0. The fourth-order valence-corrected chi connectivity index (χ4v) is 1.73. The van der Waals surface area contributed by atoms with Crippen LogP contribution in [-0.2, 0) is 0 Å². The van der Waals surface area contributed by atoms with Gasteiger partial charge in [0.2, 0.25) is 0 Å². The minimum atomic E-state index is -0.565. The molecule has 2 aromatic carbocycles. The van der Waals surface area contributed by atoms with Gasteiger partial charge in [0.15, 0.2) is 0 Å². The van der Waals surface area contributed by atoms with Crippen molar-refractivity contribution in [3.63, 3.8) is 0 Å². The van der Waals surface area contributed by atoms with Crippen molar-refractivity contribution in [2.75, 3.05) is 12.4 Å². The van der Waals surface area contributed by atoms with Crippen molar-refractivity contribution in [3.8, 4) is 5.75 Å². The van der Waals surface area contributed by atoms with Gasteiger partial charge in [-0.25, -0.2) is 8.78 Å². The van der Waals surface area contributed by atoms with Crippen LogP contribution in [0.25, 0.3) is 0 Å². The normalized spacial score (nSPS) is 10.2. The fraction of sp³-hybridized carbons (Fsp3) is 0.133. The summed E-state index contributed by atoms with van der Waals surface area (Å²) in [6, 6.07) is 7.95. The highest BCUT2D eigenvalue weighted by atomic mass is 19.1. The number of halogens is 2. The van der Waals surface area contributed by atoms with Crippen molar-refractivity contribution in [1.82, 2.24) is 0 Å². The summed E-state index contributed by atoms with van der Waals surface area (Å²) < 4.78 is 31.6. The van der Waals surface area contributed by atoms with Crippen molar-refractivity contribution in [3.05, 3.63) is 59.2 Å². The van der Waals surface area contributed by atoms with E-state index in [1.807, 2.05) is 0 Å². The van der Waals surface area contributed by atoms with Gasteiger partial charge in [0.25, 0.3) is 5.91 Å². The van der Waals surface area contributed by atoms with E-state index in [1.54, 1.807) is 19.1 Å². The predicted octanol–water partition coefficient (Wildman–Crippen LogP) is 3.53. The zero-order valence-electron chi connectivity index (χ0n) is 11.0. The molecule has 0 heterocycles. The van der Waals surface area contributed by atoms with Crippen LogP contribution in [-0.4, -0.2) is 13.0 Å². The van der Waals surface area contributed by atoms with Crippen LogP contribution in [0.2, 0.25) is 0 Å². The highest BCUT2D eigenvalue weighted by Gasteiger charge is 2.14. The minimum absolute atomic E-state index is 0.0495. The molecular weight excluding hydrogens is 264 g/mol. The summed E-state index contributed by atoms with van der Waals surface area (Å²) >= 11 is 0. The Balaban J connectivity index is 2.27. The highest BCUT2D eigenvalue weighted by Crippen LogP contribution is 2.21. The number of benzene rings is 2. The third-order valence-corrected chi connectivity index (χ3v) is 2.84. The third kappa shape index (κ3) is 2.93. The van der Waals surface area contributed by atoms with E-state index < -0.39 is 17.5 Å². The molecule has 0 aliphatic carbocycles. The fourth-order valence-electron chi connectivity index (χ4n) is 1.73. The molecule has 2 aromatic rings. The van der Waals surface area contributed by atoms with Crippen molar-refractivity contribution in [2.45, 2.75) is 6.92 Å². The van der Waals surface area contributed by atoms with Crippen LogP contribution >= 0.6 is 0 Å². The summed E-state index contributed by atoms with van der Waals surface area (Å²) in [6.45, 7) is 1.62. The van der Waals surface area contributed by atoms with Crippen LogP contribution in [0, 0.1) is 18.6 Å². The van der Waals surface area contributed by atoms with E-state index in [0.717, 1.165) is 6.07 Å². The second kappa shape index (κ2) is 5.69. The topological polar surface area (TPSA) is 38.3 Å². The number of ether oxygens (including phenoxy) is 1. The number of nitrogens with one attached hydrogen (secondary N) is 1. The molecule has 0 saturated heterocycles. The number of aryl methyl sites for hydroxylation is 1. The zero-order chi connectivity index (χ0) is 14.7. The van der Waals surface area contributed by atoms with Crippen molar-refractivity contribution < 1.29 is 18.3 Å². The standard InChI is InChI=1S/C15H13F2NO2/c1-9-3-5-11(8-13(9)17)18-15(19)12-7-10(16)4-6-14(12)20-2/h3-8H,1-2H3,(H,18,19). The molecule has 0 radical (unpaired) electrons. The number of amides is 1. The Morgan fingerprint density at radius 3 is 2.55 bits per heavy atom. The Hall–Kier alpha value is -2.43. The van der Waals surface area contributed by atoms with Crippen molar-refractivity contribution in [2.24, 2.45) is 0 Å². The maximum Gasteiger partial charge on any atom is 0.259 e. The summed E-state index contributed by atoms with van der Waals surface area (Å²) in [5.41, 5.74) is 0.823. The average molecular weight is 277 g/mol. The lowest BCUT2D eigenvalue weighted by Gasteiger charge is -2.10. The van der Waals surface area contributed by atoms with Gasteiger partial charge >= 0.3 is 0 Å². The molecular formula is C15H13F2NO2. The maximum atomic E-state index is 13.4. The van der Waals surface area contributed by atoms with Gasteiger partial charge in [-0.2, -0.15) is 0 Å². The van der Waals surface area contributed by atoms with Crippen LogP contribution in [0.5, 0.6) is 5.75 Å². The van der Waals surface area contributed by atoms with Crippen LogP contribution in [0.3, 0.4) is 0 Å². The number of rotatable bonds is 3. The van der Waals surface area contributed by atoms with Gasteiger partial charge in [-0.3, -0.25) is 4.79 Å². The number of carbonyl (C=O) groups is 1. The molecule has 20 heavy (non-hydrogen) atoms.